The molecule has 124 valence electrons. The average Bonchev–Trinajstić information content (AvgIpc) is 3.28. The fraction of sp³-hybridized carbons (Fsp3) is 0.375. The van der Waals surface area contributed by atoms with Crippen LogP contribution in [0.1, 0.15) is 10.7 Å². The van der Waals surface area contributed by atoms with Crippen LogP contribution in [0.3, 0.4) is 0 Å². The zero-order chi connectivity index (χ0) is 16.4. The van der Waals surface area contributed by atoms with Gasteiger partial charge in [-0.1, -0.05) is 0 Å². The summed E-state index contributed by atoms with van der Waals surface area (Å²) < 4.78 is 1.71. The van der Waals surface area contributed by atoms with Gasteiger partial charge in [0.25, 0.3) is 0 Å². The molecule has 0 bridgehead atoms. The summed E-state index contributed by atoms with van der Waals surface area (Å²) in [5.41, 5.74) is 1.18. The third-order valence-electron chi connectivity index (χ3n) is 4.12. The smallest absolute Gasteiger partial charge is 0.175 e. The van der Waals surface area contributed by atoms with E-state index in [1.807, 2.05) is 24.4 Å². The van der Waals surface area contributed by atoms with Crippen molar-refractivity contribution in [2.24, 2.45) is 0 Å². The Bertz CT molecular complexity index is 773. The molecule has 4 heterocycles. The van der Waals surface area contributed by atoms with Crippen molar-refractivity contribution in [3.8, 4) is 5.82 Å². The molecule has 8 heteroatoms. The van der Waals surface area contributed by atoms with Gasteiger partial charge in [-0.2, -0.15) is 5.10 Å². The number of anilines is 1. The third-order valence-corrected chi connectivity index (χ3v) is 4.95. The quantitative estimate of drug-likeness (QED) is 0.720. The highest BCUT2D eigenvalue weighted by Gasteiger charge is 2.19. The highest BCUT2D eigenvalue weighted by Crippen LogP contribution is 2.16. The predicted octanol–water partition coefficient (Wildman–Crippen LogP) is 1.75. The maximum Gasteiger partial charge on any atom is 0.175 e. The number of hydrogen-bond acceptors (Lipinski definition) is 7. The fourth-order valence-electron chi connectivity index (χ4n) is 2.86. The molecule has 1 aliphatic rings. The normalized spacial score (nSPS) is 15.8. The van der Waals surface area contributed by atoms with E-state index in [2.05, 4.69) is 42.4 Å². The summed E-state index contributed by atoms with van der Waals surface area (Å²) in [4.78, 5) is 9.27. The second-order valence-electron chi connectivity index (χ2n) is 5.82. The van der Waals surface area contributed by atoms with Crippen molar-refractivity contribution in [2.75, 3.05) is 31.1 Å². The molecule has 4 rings (SSSR count). The standard InChI is InChI=1S/C16H19N7S/c1-13-18-14(12-24-13)11-21-7-9-22(10-8-21)15-3-4-16(20-19-15)23-6-2-5-17-23/h2-6,12H,7-11H2,1H3. The summed E-state index contributed by atoms with van der Waals surface area (Å²) in [6.45, 7) is 6.93. The first kappa shape index (κ1) is 15.2. The monoisotopic (exact) mass is 341 g/mol. The van der Waals surface area contributed by atoms with E-state index in [1.165, 1.54) is 5.69 Å². The van der Waals surface area contributed by atoms with Gasteiger partial charge in [0.2, 0.25) is 0 Å². The van der Waals surface area contributed by atoms with Crippen LogP contribution in [0.4, 0.5) is 5.82 Å². The highest BCUT2D eigenvalue weighted by atomic mass is 32.1. The molecule has 1 aliphatic heterocycles. The number of aryl methyl sites for hydroxylation is 1. The molecule has 3 aromatic heterocycles. The Labute approximate surface area is 144 Å². The molecular weight excluding hydrogens is 322 g/mol. The van der Waals surface area contributed by atoms with Crippen LogP contribution in [0.25, 0.3) is 5.82 Å². The molecule has 0 aliphatic carbocycles. The van der Waals surface area contributed by atoms with Crippen LogP contribution in [0.5, 0.6) is 0 Å². The van der Waals surface area contributed by atoms with E-state index in [1.54, 1.807) is 22.2 Å². The number of piperazine rings is 1. The summed E-state index contributed by atoms with van der Waals surface area (Å²) in [6, 6.07) is 5.85. The van der Waals surface area contributed by atoms with E-state index in [-0.39, 0.29) is 0 Å². The van der Waals surface area contributed by atoms with Gasteiger partial charge in [-0.05, 0) is 25.1 Å². The van der Waals surface area contributed by atoms with Crippen LogP contribution in [0, 0.1) is 6.92 Å². The molecule has 0 aromatic carbocycles. The topological polar surface area (TPSA) is 63.0 Å². The Hall–Kier alpha value is -2.32. The van der Waals surface area contributed by atoms with Crippen molar-refractivity contribution >= 4 is 17.2 Å². The molecular formula is C16H19N7S. The van der Waals surface area contributed by atoms with Crippen molar-refractivity contribution in [3.05, 3.63) is 46.7 Å². The Morgan fingerprint density at radius 1 is 1.08 bits per heavy atom. The fourth-order valence-corrected chi connectivity index (χ4v) is 3.46. The summed E-state index contributed by atoms with van der Waals surface area (Å²) in [5.74, 6) is 1.66. The number of aromatic nitrogens is 5. The zero-order valence-electron chi connectivity index (χ0n) is 13.5. The van der Waals surface area contributed by atoms with Gasteiger partial charge in [0, 0.05) is 50.5 Å². The molecule has 7 nitrogen and oxygen atoms in total. The second-order valence-corrected chi connectivity index (χ2v) is 6.88. The van der Waals surface area contributed by atoms with Gasteiger partial charge >= 0.3 is 0 Å². The van der Waals surface area contributed by atoms with Gasteiger partial charge in [-0.15, -0.1) is 21.5 Å². The van der Waals surface area contributed by atoms with Crippen molar-refractivity contribution in [3.63, 3.8) is 0 Å². The lowest BCUT2D eigenvalue weighted by atomic mass is 10.3. The maximum atomic E-state index is 4.55. The molecule has 0 amide bonds. The summed E-state index contributed by atoms with van der Waals surface area (Å²) in [6.07, 6.45) is 3.60. The molecule has 24 heavy (non-hydrogen) atoms. The predicted molar refractivity (Wildman–Crippen MR) is 93.5 cm³/mol. The molecule has 0 spiro atoms. The first-order chi connectivity index (χ1) is 11.8. The van der Waals surface area contributed by atoms with Gasteiger partial charge in [-0.25, -0.2) is 9.67 Å². The first-order valence-electron chi connectivity index (χ1n) is 8.00. The van der Waals surface area contributed by atoms with Gasteiger partial charge in [0.15, 0.2) is 11.6 Å². The van der Waals surface area contributed by atoms with E-state index in [9.17, 15) is 0 Å². The first-order valence-corrected chi connectivity index (χ1v) is 8.88. The maximum absolute atomic E-state index is 4.55. The Morgan fingerprint density at radius 2 is 1.88 bits per heavy atom. The minimum absolute atomic E-state index is 0.737. The Morgan fingerprint density at radius 3 is 2.50 bits per heavy atom. The largest absolute Gasteiger partial charge is 0.353 e. The lowest BCUT2D eigenvalue weighted by Gasteiger charge is -2.34. The second kappa shape index (κ2) is 6.66. The summed E-state index contributed by atoms with van der Waals surface area (Å²) in [7, 11) is 0. The summed E-state index contributed by atoms with van der Waals surface area (Å²) >= 11 is 1.72. The molecule has 0 atom stereocenters. The lowest BCUT2D eigenvalue weighted by molar-refractivity contribution is 0.247. The van der Waals surface area contributed by atoms with E-state index in [4.69, 9.17) is 0 Å². The average molecular weight is 341 g/mol. The van der Waals surface area contributed by atoms with Gasteiger partial charge in [0.1, 0.15) is 0 Å². The molecule has 3 aromatic rings. The Balaban J connectivity index is 1.35. The van der Waals surface area contributed by atoms with E-state index < -0.39 is 0 Å². The minimum Gasteiger partial charge on any atom is -0.353 e. The van der Waals surface area contributed by atoms with Crippen LogP contribution in [0.15, 0.2) is 36.0 Å². The number of rotatable bonds is 4. The van der Waals surface area contributed by atoms with Crippen molar-refractivity contribution < 1.29 is 0 Å². The van der Waals surface area contributed by atoms with Crippen molar-refractivity contribution in [1.82, 2.24) is 29.9 Å². The molecule has 0 saturated carbocycles. The molecule has 1 fully saturated rings. The van der Waals surface area contributed by atoms with Crippen molar-refractivity contribution in [2.45, 2.75) is 13.5 Å². The highest BCUT2D eigenvalue weighted by molar-refractivity contribution is 7.09. The van der Waals surface area contributed by atoms with Gasteiger partial charge in [0.05, 0.1) is 10.7 Å². The molecule has 0 N–H and O–H groups in total. The zero-order valence-corrected chi connectivity index (χ0v) is 14.4. The van der Waals surface area contributed by atoms with Crippen molar-refractivity contribution in [1.29, 1.82) is 0 Å². The van der Waals surface area contributed by atoms with Crippen LogP contribution in [-0.4, -0.2) is 56.0 Å². The molecule has 1 saturated heterocycles. The van der Waals surface area contributed by atoms with Gasteiger partial charge in [-0.3, -0.25) is 4.90 Å². The SMILES string of the molecule is Cc1nc(CN2CCN(c3ccc(-n4cccn4)nn3)CC2)cs1. The van der Waals surface area contributed by atoms with Crippen LogP contribution in [-0.2, 0) is 6.54 Å². The molecule has 0 unspecified atom stereocenters. The van der Waals surface area contributed by atoms with E-state index in [0.717, 1.165) is 49.4 Å². The van der Waals surface area contributed by atoms with Gasteiger partial charge < -0.3 is 4.90 Å². The number of hydrogen-bond donors (Lipinski definition) is 0. The van der Waals surface area contributed by atoms with Crippen LogP contribution < -0.4 is 4.90 Å². The van der Waals surface area contributed by atoms with E-state index in [0.29, 0.717) is 0 Å². The lowest BCUT2D eigenvalue weighted by Crippen LogP contribution is -2.46. The number of thiazole rings is 1. The van der Waals surface area contributed by atoms with E-state index >= 15 is 0 Å². The van der Waals surface area contributed by atoms with Crippen LogP contribution >= 0.6 is 11.3 Å². The molecule has 0 radical (unpaired) electrons. The number of nitrogens with zero attached hydrogens (tertiary/aromatic N) is 7. The third kappa shape index (κ3) is 3.29. The Kier molecular flexibility index (Phi) is 4.22. The minimum atomic E-state index is 0.737. The van der Waals surface area contributed by atoms with Crippen LogP contribution in [0.2, 0.25) is 0 Å². The summed E-state index contributed by atoms with van der Waals surface area (Å²) in [5, 5.41) is 16.1.